The predicted molar refractivity (Wildman–Crippen MR) is 116 cm³/mol. The van der Waals surface area contributed by atoms with Gasteiger partial charge >= 0.3 is 0 Å². The fourth-order valence-electron chi connectivity index (χ4n) is 4.13. The molecule has 3 amide bonds. The minimum absolute atomic E-state index is 0.0327. The van der Waals surface area contributed by atoms with E-state index in [-0.39, 0.29) is 47.4 Å². The monoisotopic (exact) mass is 441 g/mol. The van der Waals surface area contributed by atoms with Crippen molar-refractivity contribution in [3.63, 3.8) is 0 Å². The molecule has 0 saturated carbocycles. The number of hydrogen-bond donors (Lipinski definition) is 1. The Bertz CT molecular complexity index is 1110. The van der Waals surface area contributed by atoms with E-state index in [1.54, 1.807) is 4.90 Å². The fourth-order valence-corrected chi connectivity index (χ4v) is 4.13. The Morgan fingerprint density at radius 2 is 1.81 bits per heavy atom. The van der Waals surface area contributed by atoms with E-state index in [2.05, 4.69) is 5.32 Å². The highest BCUT2D eigenvalue weighted by Gasteiger charge is 2.40. The van der Waals surface area contributed by atoms with Crippen LogP contribution in [0.5, 0.6) is 0 Å². The molecule has 1 unspecified atom stereocenters. The molecule has 8 heteroatoms. The topological polar surface area (TPSA) is 69.7 Å². The second-order valence-corrected chi connectivity index (χ2v) is 9.47. The minimum atomic E-state index is -0.818. The summed E-state index contributed by atoms with van der Waals surface area (Å²) in [5, 5.41) is 2.76. The lowest BCUT2D eigenvalue weighted by Crippen LogP contribution is -2.59. The molecule has 0 radical (unpaired) electrons. The molecule has 168 valence electrons. The molecule has 0 aromatic heterocycles. The Morgan fingerprint density at radius 3 is 2.53 bits per heavy atom. The molecular weight excluding hydrogens is 416 g/mol. The van der Waals surface area contributed by atoms with Gasteiger partial charge in [-0.05, 0) is 41.3 Å². The maximum Gasteiger partial charge on any atom is 0.256 e. The Kier molecular flexibility index (Phi) is 5.48. The van der Waals surface area contributed by atoms with Gasteiger partial charge in [0.25, 0.3) is 5.91 Å². The minimum Gasteiger partial charge on any atom is -0.338 e. The molecular formula is C24H25F2N3O3. The summed E-state index contributed by atoms with van der Waals surface area (Å²) in [7, 11) is 0. The Balaban J connectivity index is 1.63. The van der Waals surface area contributed by atoms with Gasteiger partial charge in [-0.25, -0.2) is 8.78 Å². The highest BCUT2D eigenvalue weighted by atomic mass is 19.1. The zero-order valence-electron chi connectivity index (χ0n) is 18.2. The van der Waals surface area contributed by atoms with Gasteiger partial charge in [0.1, 0.15) is 17.7 Å². The molecule has 0 aliphatic carbocycles. The predicted octanol–water partition coefficient (Wildman–Crippen LogP) is 3.67. The van der Waals surface area contributed by atoms with Crippen molar-refractivity contribution in [2.24, 2.45) is 5.41 Å². The molecule has 32 heavy (non-hydrogen) atoms. The lowest BCUT2D eigenvalue weighted by Gasteiger charge is -2.40. The number of nitrogens with zero attached hydrogens (tertiary/aromatic N) is 2. The molecule has 2 aromatic carbocycles. The largest absolute Gasteiger partial charge is 0.338 e. The van der Waals surface area contributed by atoms with E-state index in [1.807, 2.05) is 20.8 Å². The number of amides is 3. The first-order valence-corrected chi connectivity index (χ1v) is 10.5. The third kappa shape index (κ3) is 4.22. The van der Waals surface area contributed by atoms with Crippen molar-refractivity contribution in [1.82, 2.24) is 9.80 Å². The molecule has 1 N–H and O–H groups in total. The first-order valence-electron chi connectivity index (χ1n) is 10.5. The van der Waals surface area contributed by atoms with Crippen LogP contribution in [0.1, 0.15) is 37.6 Å². The maximum atomic E-state index is 14.3. The summed E-state index contributed by atoms with van der Waals surface area (Å²) in [6.07, 6.45) is 0.345. The van der Waals surface area contributed by atoms with Crippen molar-refractivity contribution in [1.29, 1.82) is 0 Å². The summed E-state index contributed by atoms with van der Waals surface area (Å²) in [5.41, 5.74) is 0.694. The average Bonchev–Trinajstić information content (AvgIpc) is 2.83. The van der Waals surface area contributed by atoms with Crippen molar-refractivity contribution in [3.8, 4) is 11.1 Å². The van der Waals surface area contributed by atoms with Crippen LogP contribution in [0.15, 0.2) is 36.4 Å². The molecule has 6 nitrogen and oxygen atoms in total. The lowest BCUT2D eigenvalue weighted by molar-refractivity contribution is -0.137. The van der Waals surface area contributed by atoms with Gasteiger partial charge in [0.05, 0.1) is 17.8 Å². The molecule has 2 heterocycles. The number of carbonyl (C=O) groups is 3. The van der Waals surface area contributed by atoms with Crippen LogP contribution in [0.25, 0.3) is 11.1 Å². The second-order valence-electron chi connectivity index (χ2n) is 9.47. The highest BCUT2D eigenvalue weighted by molar-refractivity contribution is 6.10. The Hall–Kier alpha value is -3.29. The van der Waals surface area contributed by atoms with Crippen LogP contribution in [0.3, 0.4) is 0 Å². The van der Waals surface area contributed by atoms with Crippen molar-refractivity contribution in [2.45, 2.75) is 33.2 Å². The zero-order valence-corrected chi connectivity index (χ0v) is 18.2. The van der Waals surface area contributed by atoms with E-state index >= 15 is 0 Å². The fraction of sp³-hybridized carbons (Fsp3) is 0.375. The van der Waals surface area contributed by atoms with Crippen LogP contribution < -0.4 is 5.32 Å². The summed E-state index contributed by atoms with van der Waals surface area (Å²) in [6.45, 7) is 6.57. The first kappa shape index (κ1) is 21.9. The zero-order chi connectivity index (χ0) is 23.2. The van der Waals surface area contributed by atoms with E-state index in [4.69, 9.17) is 0 Å². The lowest BCUT2D eigenvalue weighted by atomic mass is 9.91. The van der Waals surface area contributed by atoms with Gasteiger partial charge in [0.15, 0.2) is 0 Å². The van der Waals surface area contributed by atoms with Crippen LogP contribution in [-0.4, -0.2) is 53.2 Å². The standard InChI is InChI=1S/C24H25F2N3O3/c1-24(2,3)12-21(30)28-8-9-29-20(13-28)22(31)27-19-7-4-14(10-17(19)23(29)32)16-11-15(25)5-6-18(16)26/h4-7,10-11,20H,8-9,12-13H2,1-3H3,(H,27,31). The van der Waals surface area contributed by atoms with Crippen molar-refractivity contribution in [2.75, 3.05) is 25.0 Å². The molecule has 2 aliphatic rings. The number of nitrogens with one attached hydrogen (secondary N) is 1. The van der Waals surface area contributed by atoms with Crippen molar-refractivity contribution in [3.05, 3.63) is 53.6 Å². The Labute approximate surface area is 185 Å². The quantitative estimate of drug-likeness (QED) is 0.773. The van der Waals surface area contributed by atoms with Gasteiger partial charge in [-0.2, -0.15) is 0 Å². The van der Waals surface area contributed by atoms with Gasteiger partial charge in [0.2, 0.25) is 11.8 Å². The van der Waals surface area contributed by atoms with E-state index in [0.29, 0.717) is 24.2 Å². The number of halogens is 2. The number of benzene rings is 2. The smallest absolute Gasteiger partial charge is 0.256 e. The van der Waals surface area contributed by atoms with Crippen molar-refractivity contribution >= 4 is 23.4 Å². The third-order valence-electron chi connectivity index (χ3n) is 5.73. The van der Waals surface area contributed by atoms with Gasteiger partial charge in [0, 0.05) is 25.1 Å². The van der Waals surface area contributed by atoms with Crippen molar-refractivity contribution < 1.29 is 23.2 Å². The van der Waals surface area contributed by atoms with Crippen LogP contribution in [-0.2, 0) is 9.59 Å². The average molecular weight is 441 g/mol. The number of fused-ring (bicyclic) bond motifs is 2. The molecule has 0 bridgehead atoms. The summed E-state index contributed by atoms with van der Waals surface area (Å²) < 4.78 is 27.9. The molecule has 4 rings (SSSR count). The van der Waals surface area contributed by atoms with E-state index in [0.717, 1.165) is 18.2 Å². The molecule has 1 fully saturated rings. The van der Waals surface area contributed by atoms with E-state index < -0.39 is 17.7 Å². The Morgan fingerprint density at radius 1 is 1.06 bits per heavy atom. The SMILES string of the molecule is CC(C)(C)CC(=O)N1CCN2C(=O)c3cc(-c4cc(F)ccc4F)ccc3NC(=O)C2C1. The molecule has 1 saturated heterocycles. The van der Waals surface area contributed by atoms with Crippen LogP contribution in [0.4, 0.5) is 14.5 Å². The molecule has 1 atom stereocenters. The third-order valence-corrected chi connectivity index (χ3v) is 5.73. The normalized spacial score (nSPS) is 18.6. The van der Waals surface area contributed by atoms with Gasteiger partial charge in [-0.1, -0.05) is 26.8 Å². The summed E-state index contributed by atoms with van der Waals surface area (Å²) in [5.74, 6) is -2.02. The second kappa shape index (κ2) is 8.00. The highest BCUT2D eigenvalue weighted by Crippen LogP contribution is 2.32. The molecule has 0 spiro atoms. The number of hydrogen-bond acceptors (Lipinski definition) is 3. The van der Waals surface area contributed by atoms with Crippen LogP contribution in [0, 0.1) is 17.0 Å². The molecule has 2 aliphatic heterocycles. The van der Waals surface area contributed by atoms with E-state index in [1.165, 1.54) is 23.1 Å². The number of rotatable bonds is 2. The van der Waals surface area contributed by atoms with Gasteiger partial charge in [-0.3, -0.25) is 14.4 Å². The maximum absolute atomic E-state index is 14.3. The first-order chi connectivity index (χ1) is 15.0. The summed E-state index contributed by atoms with van der Waals surface area (Å²) >= 11 is 0. The summed E-state index contributed by atoms with van der Waals surface area (Å²) in [4.78, 5) is 42.0. The summed E-state index contributed by atoms with van der Waals surface area (Å²) in [6, 6.07) is 6.83. The van der Waals surface area contributed by atoms with Crippen LogP contribution in [0.2, 0.25) is 0 Å². The number of piperazine rings is 1. The number of anilines is 1. The van der Waals surface area contributed by atoms with E-state index in [9.17, 15) is 23.2 Å². The molecule has 2 aromatic rings. The van der Waals surface area contributed by atoms with Crippen LogP contribution >= 0.6 is 0 Å². The number of carbonyl (C=O) groups excluding carboxylic acids is 3. The van der Waals surface area contributed by atoms with Gasteiger partial charge < -0.3 is 15.1 Å². The van der Waals surface area contributed by atoms with Gasteiger partial charge in [-0.15, -0.1) is 0 Å².